The number of hydrogen-bond acceptors (Lipinski definition) is 1. The fourth-order valence-corrected chi connectivity index (χ4v) is 10.2. The summed E-state index contributed by atoms with van der Waals surface area (Å²) in [7, 11) is 0. The summed E-state index contributed by atoms with van der Waals surface area (Å²) in [5.41, 5.74) is 13.0. The van der Waals surface area contributed by atoms with Crippen molar-refractivity contribution in [1.29, 1.82) is 0 Å². The molecule has 0 spiro atoms. The lowest BCUT2D eigenvalue weighted by atomic mass is 9.88. The van der Waals surface area contributed by atoms with Gasteiger partial charge in [-0.2, -0.15) is 0 Å². The maximum atomic E-state index is 2.48. The zero-order valence-electron chi connectivity index (χ0n) is 33.2. The van der Waals surface area contributed by atoms with Gasteiger partial charge in [0.05, 0.1) is 22.1 Å². The van der Waals surface area contributed by atoms with Gasteiger partial charge in [0.2, 0.25) is 0 Å². The molecular weight excluding hydrogens is 739 g/mol. The Morgan fingerprint density at radius 2 is 0.820 bits per heavy atom. The van der Waals surface area contributed by atoms with Crippen LogP contribution in [0.2, 0.25) is 0 Å². The molecule has 3 nitrogen and oxygen atoms in total. The van der Waals surface area contributed by atoms with Gasteiger partial charge >= 0.3 is 0 Å². The van der Waals surface area contributed by atoms with Crippen LogP contribution >= 0.6 is 0 Å². The molecular formula is C58H37N3. The molecule has 0 amide bonds. The average molecular weight is 776 g/mol. The van der Waals surface area contributed by atoms with Crippen molar-refractivity contribution in [3.05, 3.63) is 224 Å². The second kappa shape index (κ2) is 13.2. The predicted molar refractivity (Wildman–Crippen MR) is 259 cm³/mol. The summed E-state index contributed by atoms with van der Waals surface area (Å²) in [5.74, 6) is 0. The Bertz CT molecular complexity index is 3750. The summed E-state index contributed by atoms with van der Waals surface area (Å²) in [6.07, 6.45) is 0. The molecule has 0 atom stereocenters. The number of benzene rings is 11. The minimum atomic E-state index is 1.12. The molecule has 3 heteroatoms. The van der Waals surface area contributed by atoms with Gasteiger partial charge < -0.3 is 14.0 Å². The van der Waals surface area contributed by atoms with E-state index in [9.17, 15) is 0 Å². The van der Waals surface area contributed by atoms with Gasteiger partial charge in [-0.15, -0.1) is 0 Å². The number of aromatic nitrogens is 2. The third kappa shape index (κ3) is 5.04. The third-order valence-corrected chi connectivity index (χ3v) is 12.8. The summed E-state index contributed by atoms with van der Waals surface area (Å²) < 4.78 is 4.87. The molecule has 0 aliphatic heterocycles. The molecule has 0 unspecified atom stereocenters. The molecule has 0 fully saturated rings. The van der Waals surface area contributed by atoms with Gasteiger partial charge in [0, 0.05) is 50.0 Å². The summed E-state index contributed by atoms with van der Waals surface area (Å²) >= 11 is 0. The Morgan fingerprint density at radius 3 is 1.56 bits per heavy atom. The largest absolute Gasteiger partial charge is 0.311 e. The molecule has 61 heavy (non-hydrogen) atoms. The fourth-order valence-electron chi connectivity index (χ4n) is 10.2. The summed E-state index contributed by atoms with van der Waals surface area (Å²) in [6.45, 7) is 0. The zero-order valence-corrected chi connectivity index (χ0v) is 33.2. The second-order valence-corrected chi connectivity index (χ2v) is 16.1. The SMILES string of the molecule is c1ccc(N(c2ccccc2)c2ccc(-c3ccc4ccc5cc6c(c7ccc3c4c57)c3ccccc3n6-c3ccc4c(c3)c3ccccc3n4-c3ccccc3)cc2)cc1. The van der Waals surface area contributed by atoms with E-state index < -0.39 is 0 Å². The van der Waals surface area contributed by atoms with Gasteiger partial charge in [0.25, 0.3) is 0 Å². The third-order valence-electron chi connectivity index (χ3n) is 12.8. The fraction of sp³-hybridized carbons (Fsp3) is 0. The van der Waals surface area contributed by atoms with Crippen molar-refractivity contribution in [2.24, 2.45) is 0 Å². The van der Waals surface area contributed by atoms with E-state index in [1.54, 1.807) is 0 Å². The molecule has 2 heterocycles. The van der Waals surface area contributed by atoms with Crippen molar-refractivity contribution in [2.45, 2.75) is 0 Å². The lowest BCUT2D eigenvalue weighted by Crippen LogP contribution is -2.09. The Balaban J connectivity index is 0.994. The molecule has 13 rings (SSSR count). The number of para-hydroxylation sites is 5. The molecule has 2 aromatic heterocycles. The molecule has 0 N–H and O–H groups in total. The minimum absolute atomic E-state index is 1.12. The highest BCUT2D eigenvalue weighted by atomic mass is 15.1. The molecule has 0 aliphatic carbocycles. The van der Waals surface area contributed by atoms with Gasteiger partial charge in [-0.05, 0) is 128 Å². The first kappa shape index (κ1) is 33.8. The maximum absolute atomic E-state index is 2.48. The first-order valence-electron chi connectivity index (χ1n) is 21.0. The van der Waals surface area contributed by atoms with Gasteiger partial charge in [0.15, 0.2) is 0 Å². The van der Waals surface area contributed by atoms with E-state index in [1.807, 2.05) is 0 Å². The Kier molecular flexibility index (Phi) is 7.31. The van der Waals surface area contributed by atoms with Gasteiger partial charge in [-0.3, -0.25) is 0 Å². The minimum Gasteiger partial charge on any atom is -0.311 e. The Morgan fingerprint density at radius 1 is 0.279 bits per heavy atom. The van der Waals surface area contributed by atoms with Gasteiger partial charge in [0.1, 0.15) is 0 Å². The zero-order chi connectivity index (χ0) is 40.0. The van der Waals surface area contributed by atoms with E-state index in [2.05, 4.69) is 238 Å². The highest BCUT2D eigenvalue weighted by molar-refractivity contribution is 6.34. The standard InChI is InChI=1S/C58H37N3/c1-4-14-41(15-5-1)59(42-16-6-2-7-17-42)44-29-26-38(27-30-44)46-32-28-39-24-25-40-36-55-58(50-34-33-48(46)56(39)57(40)50)49-21-11-13-23-53(49)61(55)45-31-35-54-51(37-45)47-20-10-12-22-52(47)60(54)43-18-8-3-9-19-43/h1-37H. The molecule has 0 bridgehead atoms. The van der Waals surface area contributed by atoms with Crippen LogP contribution in [0.1, 0.15) is 0 Å². The van der Waals surface area contributed by atoms with Crippen LogP contribution in [-0.2, 0) is 0 Å². The van der Waals surface area contributed by atoms with Crippen molar-refractivity contribution in [2.75, 3.05) is 4.90 Å². The summed E-state index contributed by atoms with van der Waals surface area (Å²) in [4.78, 5) is 2.32. The Hall–Kier alpha value is -8.14. The highest BCUT2D eigenvalue weighted by Gasteiger charge is 2.21. The van der Waals surface area contributed by atoms with Crippen LogP contribution in [0.4, 0.5) is 17.1 Å². The number of rotatable bonds is 6. The van der Waals surface area contributed by atoms with Gasteiger partial charge in [-0.25, -0.2) is 0 Å². The molecule has 284 valence electrons. The van der Waals surface area contributed by atoms with E-state index in [-0.39, 0.29) is 0 Å². The number of fused-ring (bicyclic) bond motifs is 7. The van der Waals surface area contributed by atoms with Crippen LogP contribution in [0.15, 0.2) is 224 Å². The second-order valence-electron chi connectivity index (χ2n) is 16.1. The van der Waals surface area contributed by atoms with Crippen molar-refractivity contribution >= 4 is 93.0 Å². The molecule has 11 aromatic carbocycles. The predicted octanol–water partition coefficient (Wildman–Crippen LogP) is 15.9. The van der Waals surface area contributed by atoms with E-state index in [1.165, 1.54) is 92.7 Å². The van der Waals surface area contributed by atoms with E-state index in [0.29, 0.717) is 0 Å². The van der Waals surface area contributed by atoms with Crippen LogP contribution in [0.25, 0.3) is 98.4 Å². The maximum Gasteiger partial charge on any atom is 0.0553 e. The van der Waals surface area contributed by atoms with Crippen molar-refractivity contribution in [3.63, 3.8) is 0 Å². The van der Waals surface area contributed by atoms with Crippen LogP contribution in [0.5, 0.6) is 0 Å². The first-order chi connectivity index (χ1) is 30.3. The van der Waals surface area contributed by atoms with E-state index in [0.717, 1.165) is 22.7 Å². The smallest absolute Gasteiger partial charge is 0.0553 e. The highest BCUT2D eigenvalue weighted by Crippen LogP contribution is 2.46. The Labute approximate surface area is 352 Å². The van der Waals surface area contributed by atoms with Crippen LogP contribution in [0, 0.1) is 0 Å². The number of nitrogens with zero attached hydrogens (tertiary/aromatic N) is 3. The molecule has 0 saturated heterocycles. The lowest BCUT2D eigenvalue weighted by molar-refractivity contribution is 1.17. The number of anilines is 3. The summed E-state index contributed by atoms with van der Waals surface area (Å²) in [5, 5.41) is 12.8. The first-order valence-corrected chi connectivity index (χ1v) is 21.0. The van der Waals surface area contributed by atoms with Crippen LogP contribution in [0.3, 0.4) is 0 Å². The van der Waals surface area contributed by atoms with E-state index >= 15 is 0 Å². The quantitative estimate of drug-likeness (QED) is 0.153. The molecule has 0 saturated carbocycles. The van der Waals surface area contributed by atoms with Crippen molar-refractivity contribution in [1.82, 2.24) is 9.13 Å². The molecule has 0 aliphatic rings. The lowest BCUT2D eigenvalue weighted by Gasteiger charge is -2.25. The van der Waals surface area contributed by atoms with Crippen molar-refractivity contribution in [3.8, 4) is 22.5 Å². The number of hydrogen-bond donors (Lipinski definition) is 0. The topological polar surface area (TPSA) is 13.1 Å². The normalized spacial score (nSPS) is 11.9. The van der Waals surface area contributed by atoms with Crippen molar-refractivity contribution < 1.29 is 0 Å². The van der Waals surface area contributed by atoms with E-state index in [4.69, 9.17) is 0 Å². The molecule has 13 aromatic rings. The average Bonchev–Trinajstić information content (AvgIpc) is 3.84. The monoisotopic (exact) mass is 775 g/mol. The van der Waals surface area contributed by atoms with Crippen LogP contribution < -0.4 is 4.90 Å². The van der Waals surface area contributed by atoms with Crippen LogP contribution in [-0.4, -0.2) is 9.13 Å². The molecule has 0 radical (unpaired) electrons. The summed E-state index contributed by atoms with van der Waals surface area (Å²) in [6, 6.07) is 82.1. The van der Waals surface area contributed by atoms with Gasteiger partial charge in [-0.1, -0.05) is 140 Å².